The maximum Gasteiger partial charge on any atom is 0.175 e. The Morgan fingerprint density at radius 2 is 1.82 bits per heavy atom. The third-order valence-corrected chi connectivity index (χ3v) is 8.52. The summed E-state index contributed by atoms with van der Waals surface area (Å²) in [6.45, 7) is 2.57. The van der Waals surface area contributed by atoms with E-state index in [2.05, 4.69) is 82.8 Å². The van der Waals surface area contributed by atoms with E-state index in [9.17, 15) is 0 Å². The lowest BCUT2D eigenvalue weighted by Crippen LogP contribution is -2.29. The molecule has 40 heavy (non-hydrogen) atoms. The average Bonchev–Trinajstić information content (AvgIpc) is 3.47. The number of benzene rings is 4. The van der Waals surface area contributed by atoms with Gasteiger partial charge in [0.25, 0.3) is 0 Å². The van der Waals surface area contributed by atoms with Crippen molar-refractivity contribution >= 4 is 45.1 Å². The molecule has 202 valence electrons. The Balaban J connectivity index is 1.16. The van der Waals surface area contributed by atoms with Gasteiger partial charge in [-0.05, 0) is 99.9 Å². The van der Waals surface area contributed by atoms with Gasteiger partial charge in [-0.1, -0.05) is 65.7 Å². The second-order valence-electron chi connectivity index (χ2n) is 10.4. The number of ether oxygens (including phenoxy) is 2. The molecule has 0 saturated heterocycles. The maximum atomic E-state index is 6.06. The van der Waals surface area contributed by atoms with Crippen LogP contribution in [-0.2, 0) is 6.61 Å². The van der Waals surface area contributed by atoms with Crippen molar-refractivity contribution in [3.63, 3.8) is 0 Å². The topological polar surface area (TPSA) is 42.8 Å². The molecule has 0 bridgehead atoms. The molecule has 1 heterocycles. The zero-order valence-electron chi connectivity index (χ0n) is 22.4. The molecular weight excluding hydrogens is 584 g/mol. The molecule has 0 spiro atoms. The monoisotopic (exact) mass is 612 g/mol. The summed E-state index contributed by atoms with van der Waals surface area (Å²) in [4.78, 5) is 4.74. The van der Waals surface area contributed by atoms with Gasteiger partial charge in [0.2, 0.25) is 0 Å². The number of nitrogens with one attached hydrogen (secondary N) is 1. The third kappa shape index (κ3) is 5.54. The summed E-state index contributed by atoms with van der Waals surface area (Å²) in [5.74, 6) is 2.27. The Bertz CT molecular complexity index is 1580. The molecule has 1 aliphatic heterocycles. The Kier molecular flexibility index (Phi) is 7.68. The molecular formula is C34H30BrClN2O2. The van der Waals surface area contributed by atoms with Crippen LogP contribution in [0.1, 0.15) is 46.2 Å². The highest BCUT2D eigenvalue weighted by Crippen LogP contribution is 2.50. The maximum absolute atomic E-state index is 6.06. The van der Waals surface area contributed by atoms with Crippen molar-refractivity contribution in [3.8, 4) is 11.5 Å². The Morgan fingerprint density at radius 3 is 2.60 bits per heavy atom. The summed E-state index contributed by atoms with van der Waals surface area (Å²) in [5.41, 5.74) is 8.09. The fraction of sp³-hybridized carbons (Fsp3) is 0.206. The molecule has 1 aliphatic carbocycles. The summed E-state index contributed by atoms with van der Waals surface area (Å²) < 4.78 is 12.5. The first-order valence-corrected chi connectivity index (χ1v) is 14.6. The Morgan fingerprint density at radius 1 is 1.02 bits per heavy atom. The quantitative estimate of drug-likeness (QED) is 0.167. The molecule has 0 fully saturated rings. The first kappa shape index (κ1) is 26.7. The molecule has 6 heteroatoms. The molecule has 0 amide bonds. The minimum Gasteiger partial charge on any atom is -0.493 e. The molecule has 6 rings (SSSR count). The number of anilines is 1. The summed E-state index contributed by atoms with van der Waals surface area (Å²) in [5, 5.41) is 4.52. The largest absolute Gasteiger partial charge is 0.493 e. The Labute approximate surface area is 248 Å². The van der Waals surface area contributed by atoms with Crippen molar-refractivity contribution in [2.45, 2.75) is 31.9 Å². The fourth-order valence-corrected chi connectivity index (χ4v) is 6.35. The van der Waals surface area contributed by atoms with Gasteiger partial charge in [0.1, 0.15) is 6.61 Å². The van der Waals surface area contributed by atoms with Crippen molar-refractivity contribution in [1.82, 2.24) is 0 Å². The van der Waals surface area contributed by atoms with E-state index in [1.165, 1.54) is 22.4 Å². The number of halogens is 2. The molecule has 4 aromatic carbocycles. The van der Waals surface area contributed by atoms with Crippen LogP contribution in [0.15, 0.2) is 100 Å². The van der Waals surface area contributed by atoms with Gasteiger partial charge in [0.05, 0.1) is 23.3 Å². The summed E-state index contributed by atoms with van der Waals surface area (Å²) >= 11 is 9.63. The van der Waals surface area contributed by atoms with E-state index >= 15 is 0 Å². The van der Waals surface area contributed by atoms with E-state index in [1.54, 1.807) is 7.11 Å². The molecule has 4 aromatic rings. The van der Waals surface area contributed by atoms with Crippen LogP contribution >= 0.6 is 27.5 Å². The van der Waals surface area contributed by atoms with Crippen LogP contribution in [0.5, 0.6) is 11.5 Å². The van der Waals surface area contributed by atoms with Crippen LogP contribution in [0.25, 0.3) is 0 Å². The predicted octanol–water partition coefficient (Wildman–Crippen LogP) is 9.58. The van der Waals surface area contributed by atoms with E-state index in [-0.39, 0.29) is 6.04 Å². The number of aliphatic imine (C=N–C) groups is 1. The van der Waals surface area contributed by atoms with Gasteiger partial charge in [0, 0.05) is 22.8 Å². The van der Waals surface area contributed by atoms with E-state index in [4.69, 9.17) is 26.1 Å². The van der Waals surface area contributed by atoms with Crippen molar-refractivity contribution < 1.29 is 9.47 Å². The van der Waals surface area contributed by atoms with Gasteiger partial charge in [-0.2, -0.15) is 0 Å². The second-order valence-corrected chi connectivity index (χ2v) is 11.7. The first-order valence-electron chi connectivity index (χ1n) is 13.4. The third-order valence-electron chi connectivity index (χ3n) is 7.68. The highest BCUT2D eigenvalue weighted by atomic mass is 79.9. The normalized spacial score (nSPS) is 19.2. The zero-order valence-corrected chi connectivity index (χ0v) is 24.7. The first-order chi connectivity index (χ1) is 19.5. The van der Waals surface area contributed by atoms with E-state index in [1.807, 2.05) is 42.6 Å². The van der Waals surface area contributed by atoms with Crippen molar-refractivity contribution in [1.29, 1.82) is 0 Å². The number of hydrogen-bond acceptors (Lipinski definition) is 4. The summed E-state index contributed by atoms with van der Waals surface area (Å²) in [6, 6.07) is 27.1. The van der Waals surface area contributed by atoms with Crippen LogP contribution in [0.3, 0.4) is 0 Å². The van der Waals surface area contributed by atoms with Crippen LogP contribution in [-0.4, -0.2) is 13.3 Å². The number of fused-ring (bicyclic) bond motifs is 3. The van der Waals surface area contributed by atoms with Crippen molar-refractivity contribution in [2.24, 2.45) is 10.9 Å². The zero-order chi connectivity index (χ0) is 27.6. The number of hydrogen-bond donors (Lipinski definition) is 1. The number of methoxy groups -OCH3 is 1. The smallest absolute Gasteiger partial charge is 0.175 e. The van der Waals surface area contributed by atoms with Gasteiger partial charge in [-0.3, -0.25) is 4.99 Å². The van der Waals surface area contributed by atoms with Crippen molar-refractivity contribution in [2.75, 3.05) is 12.4 Å². The SMILES string of the molecule is COc1cc(C=Nc2ccc([C@@H]3Nc4ccc(C)cc4[C@@H]4C=CC[C@@H]43)cc2)cc(Br)c1OCc1ccc(Cl)cc1. The van der Waals surface area contributed by atoms with Gasteiger partial charge >= 0.3 is 0 Å². The van der Waals surface area contributed by atoms with Gasteiger partial charge in [-0.25, -0.2) is 0 Å². The van der Waals surface area contributed by atoms with E-state index < -0.39 is 0 Å². The minimum absolute atomic E-state index is 0.272. The van der Waals surface area contributed by atoms with Gasteiger partial charge in [-0.15, -0.1) is 0 Å². The standard InChI is InChI=1S/C34H30BrClN2O2/c1-21-6-15-31-29(16-21)27-4-3-5-28(27)33(38-31)24-9-13-26(14-10-24)37-19-23-17-30(35)34(32(18-23)39-2)40-20-22-7-11-25(36)12-8-22/h3-4,6-19,27-28,33,38H,5,20H2,1-2H3/t27-,28+,33+/m1/s1. The van der Waals surface area contributed by atoms with Gasteiger partial charge in [0.15, 0.2) is 11.5 Å². The van der Waals surface area contributed by atoms with E-state index in [0.717, 1.165) is 27.7 Å². The molecule has 1 N–H and O–H groups in total. The lowest BCUT2D eigenvalue weighted by molar-refractivity contribution is 0.282. The van der Waals surface area contributed by atoms with Crippen molar-refractivity contribution in [3.05, 3.63) is 128 Å². The molecule has 0 radical (unpaired) electrons. The lowest BCUT2D eigenvalue weighted by atomic mass is 9.76. The Hall–Kier alpha value is -3.54. The van der Waals surface area contributed by atoms with Crippen LogP contribution in [0.4, 0.5) is 11.4 Å². The highest BCUT2D eigenvalue weighted by molar-refractivity contribution is 9.10. The highest BCUT2D eigenvalue weighted by Gasteiger charge is 2.37. The molecule has 0 saturated carbocycles. The number of rotatable bonds is 7. The van der Waals surface area contributed by atoms with Crippen LogP contribution in [0.2, 0.25) is 5.02 Å². The molecule has 0 unspecified atom stereocenters. The lowest BCUT2D eigenvalue weighted by Gasteiger charge is -2.37. The number of aryl methyl sites for hydroxylation is 1. The number of allylic oxidation sites excluding steroid dienone is 2. The summed E-state index contributed by atoms with van der Waals surface area (Å²) in [7, 11) is 1.64. The predicted molar refractivity (Wildman–Crippen MR) is 168 cm³/mol. The van der Waals surface area contributed by atoms with Crippen LogP contribution in [0, 0.1) is 12.8 Å². The number of nitrogens with zero attached hydrogens (tertiary/aromatic N) is 1. The average molecular weight is 614 g/mol. The molecule has 3 atom stereocenters. The minimum atomic E-state index is 0.272. The fourth-order valence-electron chi connectivity index (χ4n) is 5.65. The summed E-state index contributed by atoms with van der Waals surface area (Å²) in [6.07, 6.45) is 7.65. The van der Waals surface area contributed by atoms with Crippen LogP contribution < -0.4 is 14.8 Å². The second kappa shape index (κ2) is 11.5. The molecule has 0 aromatic heterocycles. The molecule has 2 aliphatic rings. The molecule has 4 nitrogen and oxygen atoms in total. The van der Waals surface area contributed by atoms with Gasteiger partial charge < -0.3 is 14.8 Å². The van der Waals surface area contributed by atoms with E-state index in [0.29, 0.717) is 35.0 Å².